The average molecular weight is 443 g/mol. The van der Waals surface area contributed by atoms with Crippen LogP contribution in [0.25, 0.3) is 0 Å². The molecule has 0 saturated carbocycles. The number of rotatable bonds is 10. The zero-order chi connectivity index (χ0) is 22.1. The number of methoxy groups -OCH3 is 1. The lowest BCUT2D eigenvalue weighted by atomic mass is 10.2. The Bertz CT molecular complexity index is 1040. The molecule has 0 aliphatic rings. The van der Waals surface area contributed by atoms with Crippen molar-refractivity contribution in [3.63, 3.8) is 0 Å². The van der Waals surface area contributed by atoms with Crippen molar-refractivity contribution in [1.82, 2.24) is 4.98 Å². The third-order valence-electron chi connectivity index (χ3n) is 3.87. The highest BCUT2D eigenvalue weighted by Crippen LogP contribution is 2.17. The van der Waals surface area contributed by atoms with E-state index in [0.29, 0.717) is 28.9 Å². The molecule has 31 heavy (non-hydrogen) atoms. The highest BCUT2D eigenvalue weighted by Gasteiger charge is 2.11. The highest BCUT2D eigenvalue weighted by molar-refractivity contribution is 7.13. The first kappa shape index (κ1) is 22.0. The molecule has 2 heterocycles. The van der Waals surface area contributed by atoms with E-state index >= 15 is 0 Å². The second-order valence-electron chi connectivity index (χ2n) is 6.11. The molecule has 10 heteroatoms. The number of ether oxygens (including phenoxy) is 3. The van der Waals surface area contributed by atoms with E-state index < -0.39 is 5.97 Å². The summed E-state index contributed by atoms with van der Waals surface area (Å²) in [6, 6.07) is 10.5. The molecule has 0 fully saturated rings. The number of hydrogen-bond acceptors (Lipinski definition) is 10. The maximum Gasteiger partial charge on any atom is 0.373 e. The Hall–Kier alpha value is -3.66. The van der Waals surface area contributed by atoms with E-state index in [4.69, 9.17) is 13.9 Å². The van der Waals surface area contributed by atoms with Crippen LogP contribution < -0.4 is 10.2 Å². The maximum absolute atomic E-state index is 11.5. The van der Waals surface area contributed by atoms with E-state index in [1.54, 1.807) is 42.8 Å². The Morgan fingerprint density at radius 3 is 2.77 bits per heavy atom. The minimum atomic E-state index is -0.531. The predicted molar refractivity (Wildman–Crippen MR) is 114 cm³/mol. The fourth-order valence-corrected chi connectivity index (χ4v) is 3.09. The van der Waals surface area contributed by atoms with Crippen molar-refractivity contribution in [2.75, 3.05) is 19.1 Å². The van der Waals surface area contributed by atoms with Crippen molar-refractivity contribution in [2.45, 2.75) is 20.0 Å². The Balaban J connectivity index is 1.46. The first-order valence-electron chi connectivity index (χ1n) is 9.36. The first-order valence-corrected chi connectivity index (χ1v) is 10.2. The molecule has 0 saturated heterocycles. The number of furan rings is 1. The zero-order valence-corrected chi connectivity index (χ0v) is 17.8. The van der Waals surface area contributed by atoms with E-state index in [2.05, 4.69) is 20.2 Å². The predicted octanol–water partition coefficient (Wildman–Crippen LogP) is 3.65. The molecule has 2 aromatic heterocycles. The molecule has 0 spiro atoms. The summed E-state index contributed by atoms with van der Waals surface area (Å²) >= 11 is 1.35. The summed E-state index contributed by atoms with van der Waals surface area (Å²) in [5.41, 5.74) is 4.33. The SMILES string of the molecule is CCOC(=O)Cc1csc(NN=Cc2ccc(OCc3ccc(C(=O)OC)o3)cc2)n1. The summed E-state index contributed by atoms with van der Waals surface area (Å²) in [5.74, 6) is 0.455. The van der Waals surface area contributed by atoms with Gasteiger partial charge in [0.15, 0.2) is 0 Å². The molecule has 0 atom stereocenters. The van der Waals surface area contributed by atoms with E-state index in [1.807, 2.05) is 12.1 Å². The van der Waals surface area contributed by atoms with Gasteiger partial charge in [-0.1, -0.05) is 0 Å². The number of nitrogens with one attached hydrogen (secondary N) is 1. The molecular weight excluding hydrogens is 422 g/mol. The van der Waals surface area contributed by atoms with Crippen molar-refractivity contribution < 1.29 is 28.2 Å². The molecular formula is C21H21N3O6S. The summed E-state index contributed by atoms with van der Waals surface area (Å²) in [5, 5.41) is 6.52. The van der Waals surface area contributed by atoms with E-state index in [-0.39, 0.29) is 24.8 Å². The van der Waals surface area contributed by atoms with Crippen LogP contribution in [0.3, 0.4) is 0 Å². The molecule has 3 aromatic rings. The van der Waals surface area contributed by atoms with E-state index in [9.17, 15) is 9.59 Å². The molecule has 162 valence electrons. The van der Waals surface area contributed by atoms with Crippen molar-refractivity contribution in [1.29, 1.82) is 0 Å². The van der Waals surface area contributed by atoms with E-state index in [0.717, 1.165) is 5.56 Å². The number of nitrogens with zero attached hydrogens (tertiary/aromatic N) is 2. The number of benzene rings is 1. The summed E-state index contributed by atoms with van der Waals surface area (Å²) in [6.07, 6.45) is 1.78. The van der Waals surface area contributed by atoms with Crippen molar-refractivity contribution in [3.8, 4) is 5.75 Å². The average Bonchev–Trinajstić information content (AvgIpc) is 3.42. The van der Waals surface area contributed by atoms with Crippen molar-refractivity contribution >= 4 is 34.6 Å². The number of anilines is 1. The quantitative estimate of drug-likeness (QED) is 0.287. The molecule has 0 aliphatic carbocycles. The van der Waals surface area contributed by atoms with Gasteiger partial charge in [0.25, 0.3) is 0 Å². The van der Waals surface area contributed by atoms with Crippen LogP contribution in [0.1, 0.15) is 34.5 Å². The largest absolute Gasteiger partial charge is 0.486 e. The fraction of sp³-hybridized carbons (Fsp3) is 0.238. The van der Waals surface area contributed by atoms with Crippen LogP contribution in [0.15, 0.2) is 51.3 Å². The standard InChI is InChI=1S/C21H21N3O6S/c1-3-28-19(25)10-15-13-31-21(23-15)24-22-11-14-4-6-16(7-5-14)29-12-17-8-9-18(30-17)20(26)27-2/h4-9,11,13H,3,10,12H2,1-2H3,(H,23,24). The number of thiazole rings is 1. The minimum absolute atomic E-state index is 0.133. The smallest absolute Gasteiger partial charge is 0.373 e. The highest BCUT2D eigenvalue weighted by atomic mass is 32.1. The van der Waals surface area contributed by atoms with Crippen LogP contribution in [-0.4, -0.2) is 36.9 Å². The Morgan fingerprint density at radius 1 is 1.23 bits per heavy atom. The second-order valence-corrected chi connectivity index (χ2v) is 6.97. The zero-order valence-electron chi connectivity index (χ0n) is 17.0. The summed E-state index contributed by atoms with van der Waals surface area (Å²) in [6.45, 7) is 2.30. The number of carbonyl (C=O) groups is 2. The topological polar surface area (TPSA) is 112 Å². The van der Waals surface area contributed by atoms with Crippen LogP contribution in [0, 0.1) is 0 Å². The van der Waals surface area contributed by atoms with Gasteiger partial charge in [0, 0.05) is 5.38 Å². The summed E-state index contributed by atoms with van der Waals surface area (Å²) in [4.78, 5) is 27.1. The minimum Gasteiger partial charge on any atom is -0.486 e. The summed E-state index contributed by atoms with van der Waals surface area (Å²) in [7, 11) is 1.29. The van der Waals surface area contributed by atoms with E-state index in [1.165, 1.54) is 18.4 Å². The van der Waals surface area contributed by atoms with Crippen LogP contribution >= 0.6 is 11.3 Å². The fourth-order valence-electron chi connectivity index (χ4n) is 2.43. The maximum atomic E-state index is 11.5. The molecule has 0 radical (unpaired) electrons. The van der Waals surface area contributed by atoms with Gasteiger partial charge in [-0.25, -0.2) is 9.78 Å². The normalized spacial score (nSPS) is 10.8. The number of hydrazone groups is 1. The van der Waals surface area contributed by atoms with Gasteiger partial charge in [-0.2, -0.15) is 5.10 Å². The Labute approximate surface area is 182 Å². The third-order valence-corrected chi connectivity index (χ3v) is 4.66. The van der Waals surface area contributed by atoms with Crippen LogP contribution in [-0.2, 0) is 27.3 Å². The molecule has 0 amide bonds. The number of aromatic nitrogens is 1. The van der Waals surface area contributed by atoms with Crippen molar-refractivity contribution in [2.24, 2.45) is 5.10 Å². The van der Waals surface area contributed by atoms with Gasteiger partial charge in [0.05, 0.1) is 32.0 Å². The second kappa shape index (κ2) is 10.9. The van der Waals surface area contributed by atoms with Gasteiger partial charge in [0.1, 0.15) is 18.1 Å². The third kappa shape index (κ3) is 6.68. The van der Waals surface area contributed by atoms with Gasteiger partial charge in [0.2, 0.25) is 10.9 Å². The van der Waals surface area contributed by atoms with Gasteiger partial charge >= 0.3 is 11.9 Å². The molecule has 3 rings (SSSR count). The number of hydrogen-bond donors (Lipinski definition) is 1. The van der Waals surface area contributed by atoms with Crippen LogP contribution in [0.5, 0.6) is 5.75 Å². The molecule has 9 nitrogen and oxygen atoms in total. The summed E-state index contributed by atoms with van der Waals surface area (Å²) < 4.78 is 20.5. The Morgan fingerprint density at radius 2 is 2.03 bits per heavy atom. The molecule has 1 aromatic carbocycles. The van der Waals surface area contributed by atoms with Gasteiger partial charge in [-0.05, 0) is 48.9 Å². The van der Waals surface area contributed by atoms with Gasteiger partial charge in [-0.15, -0.1) is 11.3 Å². The molecule has 0 unspecified atom stereocenters. The number of esters is 2. The van der Waals surface area contributed by atoms with Crippen molar-refractivity contribution in [3.05, 3.63) is 64.6 Å². The number of carbonyl (C=O) groups excluding carboxylic acids is 2. The molecule has 0 aliphatic heterocycles. The van der Waals surface area contributed by atoms with Gasteiger partial charge in [-0.3, -0.25) is 10.2 Å². The monoisotopic (exact) mass is 443 g/mol. The Kier molecular flexibility index (Phi) is 7.77. The van der Waals surface area contributed by atoms with Gasteiger partial charge < -0.3 is 18.6 Å². The van der Waals surface area contributed by atoms with Crippen LogP contribution in [0.2, 0.25) is 0 Å². The first-order chi connectivity index (χ1) is 15.1. The lowest BCUT2D eigenvalue weighted by molar-refractivity contribution is -0.142. The lowest BCUT2D eigenvalue weighted by Crippen LogP contribution is -2.07. The van der Waals surface area contributed by atoms with Crippen LogP contribution in [0.4, 0.5) is 5.13 Å². The lowest BCUT2D eigenvalue weighted by Gasteiger charge is -2.04. The molecule has 0 bridgehead atoms. The molecule has 1 N–H and O–H groups in total.